The average Bonchev–Trinajstić information content (AvgIpc) is 2.61. The minimum atomic E-state index is -0.000809. The molecule has 0 fully saturated rings. The molecule has 1 aliphatic heterocycles. The number of nitrogens with one attached hydrogen (secondary N) is 1. The molecule has 1 aliphatic rings. The molecule has 0 saturated heterocycles. The van der Waals surface area contributed by atoms with Gasteiger partial charge in [-0.25, -0.2) is 0 Å². The van der Waals surface area contributed by atoms with Crippen molar-refractivity contribution in [1.29, 1.82) is 0 Å². The Hall–Kier alpha value is -0.870. The summed E-state index contributed by atoms with van der Waals surface area (Å²) in [6, 6.07) is 4.13. The minimum Gasteiger partial charge on any atom is -0.330 e. The van der Waals surface area contributed by atoms with E-state index in [4.69, 9.17) is 5.73 Å². The van der Waals surface area contributed by atoms with E-state index in [2.05, 4.69) is 27.3 Å². The number of carbonyl (C=O) groups is 1. The number of rotatable bonds is 4. The topological polar surface area (TPSA) is 55.1 Å². The van der Waals surface area contributed by atoms with Gasteiger partial charge in [0.2, 0.25) is 5.91 Å². The van der Waals surface area contributed by atoms with E-state index in [1.807, 2.05) is 13.0 Å². The number of fused-ring (bicyclic) bond motifs is 1. The number of benzene rings is 1. The Labute approximate surface area is 110 Å². The Balaban J connectivity index is 2.40. The third kappa shape index (κ3) is 2.38. The van der Waals surface area contributed by atoms with Crippen LogP contribution in [0.3, 0.4) is 0 Å². The maximum Gasteiger partial charge on any atom is 0.232 e. The van der Waals surface area contributed by atoms with Crippen molar-refractivity contribution in [3.63, 3.8) is 0 Å². The molecule has 1 aromatic rings. The Bertz CT molecular complexity index is 445. The number of hydrogen-bond donors (Lipinski definition) is 2. The van der Waals surface area contributed by atoms with Gasteiger partial charge in [0.15, 0.2) is 0 Å². The molecule has 1 heterocycles. The maximum absolute atomic E-state index is 11.8. The van der Waals surface area contributed by atoms with Gasteiger partial charge in [0.25, 0.3) is 0 Å². The molecule has 0 aromatic heterocycles. The fraction of sp³-hybridized carbons (Fsp3) is 0.462. The molecule has 0 saturated carbocycles. The minimum absolute atomic E-state index is 0.000809. The van der Waals surface area contributed by atoms with Crippen LogP contribution >= 0.6 is 15.9 Å². The normalized spacial score (nSPS) is 18.1. The molecule has 1 amide bonds. The molecule has 0 aliphatic carbocycles. The molecular weight excluding hydrogens is 280 g/mol. The average molecular weight is 297 g/mol. The van der Waals surface area contributed by atoms with Gasteiger partial charge < -0.3 is 11.1 Å². The van der Waals surface area contributed by atoms with E-state index < -0.39 is 0 Å². The lowest BCUT2D eigenvalue weighted by Crippen LogP contribution is -2.11. The molecule has 3 N–H and O–H groups in total. The fourth-order valence-electron chi connectivity index (χ4n) is 2.36. The summed E-state index contributed by atoms with van der Waals surface area (Å²) >= 11 is 3.51. The molecule has 0 spiro atoms. The van der Waals surface area contributed by atoms with E-state index in [1.54, 1.807) is 0 Å². The Morgan fingerprint density at radius 1 is 1.47 bits per heavy atom. The number of nitrogens with two attached hydrogens (primary N) is 1. The molecule has 0 bridgehead atoms. The van der Waals surface area contributed by atoms with Crippen LogP contribution in [-0.2, 0) is 11.2 Å². The van der Waals surface area contributed by atoms with Crippen molar-refractivity contribution in [2.75, 3.05) is 11.9 Å². The first kappa shape index (κ1) is 12.6. The fourth-order valence-corrected chi connectivity index (χ4v) is 2.88. The van der Waals surface area contributed by atoms with Gasteiger partial charge in [-0.05, 0) is 49.1 Å². The SMILES string of the molecule is CCC1C(=O)Nc2c(CCCN)cc(Br)cc21. The summed E-state index contributed by atoms with van der Waals surface area (Å²) in [5.41, 5.74) is 8.86. The Morgan fingerprint density at radius 2 is 2.24 bits per heavy atom. The van der Waals surface area contributed by atoms with E-state index in [0.29, 0.717) is 6.54 Å². The summed E-state index contributed by atoms with van der Waals surface area (Å²) in [6.45, 7) is 2.71. The van der Waals surface area contributed by atoms with E-state index >= 15 is 0 Å². The molecule has 1 aromatic carbocycles. The summed E-state index contributed by atoms with van der Waals surface area (Å²) in [5, 5.41) is 3.00. The van der Waals surface area contributed by atoms with Gasteiger partial charge >= 0.3 is 0 Å². The van der Waals surface area contributed by atoms with E-state index in [9.17, 15) is 4.79 Å². The number of anilines is 1. The van der Waals surface area contributed by atoms with Crippen LogP contribution in [0, 0.1) is 0 Å². The predicted octanol–water partition coefficient (Wildman–Crippen LogP) is 2.79. The van der Waals surface area contributed by atoms with Gasteiger partial charge in [-0.1, -0.05) is 22.9 Å². The molecule has 0 radical (unpaired) electrons. The summed E-state index contributed by atoms with van der Waals surface area (Å²) in [7, 11) is 0. The lowest BCUT2D eigenvalue weighted by molar-refractivity contribution is -0.117. The van der Waals surface area contributed by atoms with Crippen LogP contribution in [0.25, 0.3) is 0 Å². The van der Waals surface area contributed by atoms with Crippen LogP contribution in [0.5, 0.6) is 0 Å². The molecule has 92 valence electrons. The van der Waals surface area contributed by atoms with Crippen LogP contribution in [0.2, 0.25) is 0 Å². The standard InChI is InChI=1S/C13H17BrN2O/c1-2-10-11-7-9(14)6-8(4-3-5-15)12(11)16-13(10)17/h6-7,10H,2-5,15H2,1H3,(H,16,17). The second-order valence-electron chi connectivity index (χ2n) is 4.37. The Kier molecular flexibility index (Phi) is 3.84. The molecule has 1 unspecified atom stereocenters. The maximum atomic E-state index is 11.8. The lowest BCUT2D eigenvalue weighted by atomic mass is 9.95. The van der Waals surface area contributed by atoms with Gasteiger partial charge in [-0.15, -0.1) is 0 Å². The van der Waals surface area contributed by atoms with Gasteiger partial charge in [0.1, 0.15) is 0 Å². The third-order valence-corrected chi connectivity index (χ3v) is 3.67. The number of carbonyl (C=O) groups excluding carboxylic acids is 1. The van der Waals surface area contributed by atoms with Crippen LogP contribution in [0.15, 0.2) is 16.6 Å². The smallest absolute Gasteiger partial charge is 0.232 e. The van der Waals surface area contributed by atoms with Crippen molar-refractivity contribution < 1.29 is 4.79 Å². The summed E-state index contributed by atoms with van der Waals surface area (Å²) in [5.74, 6) is 0.119. The van der Waals surface area contributed by atoms with Gasteiger partial charge in [0, 0.05) is 10.2 Å². The monoisotopic (exact) mass is 296 g/mol. The summed E-state index contributed by atoms with van der Waals surface area (Å²) in [6.07, 6.45) is 2.69. The van der Waals surface area contributed by atoms with Crippen LogP contribution in [0.4, 0.5) is 5.69 Å². The first-order chi connectivity index (χ1) is 8.17. The Morgan fingerprint density at radius 3 is 2.88 bits per heavy atom. The second kappa shape index (κ2) is 5.19. The predicted molar refractivity (Wildman–Crippen MR) is 73.2 cm³/mol. The highest BCUT2D eigenvalue weighted by atomic mass is 79.9. The van der Waals surface area contributed by atoms with E-state index in [1.165, 1.54) is 5.56 Å². The van der Waals surface area contributed by atoms with E-state index in [-0.39, 0.29) is 11.8 Å². The zero-order valence-electron chi connectivity index (χ0n) is 9.92. The molecular formula is C13H17BrN2O. The zero-order chi connectivity index (χ0) is 12.4. The third-order valence-electron chi connectivity index (χ3n) is 3.21. The largest absolute Gasteiger partial charge is 0.330 e. The van der Waals surface area contributed by atoms with Gasteiger partial charge in [-0.2, -0.15) is 0 Å². The first-order valence-corrected chi connectivity index (χ1v) is 6.80. The summed E-state index contributed by atoms with van der Waals surface area (Å²) < 4.78 is 1.04. The van der Waals surface area contributed by atoms with Crippen LogP contribution in [0.1, 0.15) is 36.8 Å². The van der Waals surface area contributed by atoms with Crippen molar-refractivity contribution in [2.24, 2.45) is 5.73 Å². The lowest BCUT2D eigenvalue weighted by Gasteiger charge is -2.10. The number of aryl methyl sites for hydroxylation is 1. The molecule has 1 atom stereocenters. The van der Waals surface area contributed by atoms with Crippen molar-refractivity contribution in [1.82, 2.24) is 0 Å². The van der Waals surface area contributed by atoms with Crippen LogP contribution < -0.4 is 11.1 Å². The first-order valence-electron chi connectivity index (χ1n) is 6.00. The molecule has 3 nitrogen and oxygen atoms in total. The second-order valence-corrected chi connectivity index (χ2v) is 5.29. The van der Waals surface area contributed by atoms with Gasteiger partial charge in [0.05, 0.1) is 5.92 Å². The molecule has 4 heteroatoms. The number of halogens is 1. The highest BCUT2D eigenvalue weighted by molar-refractivity contribution is 9.10. The summed E-state index contributed by atoms with van der Waals surface area (Å²) in [4.78, 5) is 11.8. The quantitative estimate of drug-likeness (QED) is 0.898. The molecule has 17 heavy (non-hydrogen) atoms. The zero-order valence-corrected chi connectivity index (χ0v) is 11.5. The van der Waals surface area contributed by atoms with Crippen LogP contribution in [-0.4, -0.2) is 12.5 Å². The van der Waals surface area contributed by atoms with E-state index in [0.717, 1.165) is 35.0 Å². The highest BCUT2D eigenvalue weighted by Gasteiger charge is 2.30. The number of hydrogen-bond acceptors (Lipinski definition) is 2. The van der Waals surface area contributed by atoms with Crippen molar-refractivity contribution in [2.45, 2.75) is 32.1 Å². The van der Waals surface area contributed by atoms with Gasteiger partial charge in [-0.3, -0.25) is 4.79 Å². The molecule has 2 rings (SSSR count). The number of amides is 1. The van der Waals surface area contributed by atoms with Crippen molar-refractivity contribution in [3.8, 4) is 0 Å². The van der Waals surface area contributed by atoms with Crippen molar-refractivity contribution in [3.05, 3.63) is 27.7 Å². The highest BCUT2D eigenvalue weighted by Crippen LogP contribution is 2.39. The van der Waals surface area contributed by atoms with Crippen molar-refractivity contribution >= 4 is 27.5 Å².